The molecule has 0 saturated carbocycles. The second kappa shape index (κ2) is 14.1. The Bertz CT molecular complexity index is 274. The topological polar surface area (TPSA) is 43.4 Å². The molecule has 1 unspecified atom stereocenters. The van der Waals surface area contributed by atoms with E-state index in [4.69, 9.17) is 0 Å². The summed E-state index contributed by atoms with van der Waals surface area (Å²) in [5.41, 5.74) is 0. The second-order valence-corrected chi connectivity index (χ2v) is 5.97. The van der Waals surface area contributed by atoms with Crippen molar-refractivity contribution >= 4 is 11.8 Å². The summed E-state index contributed by atoms with van der Waals surface area (Å²) in [4.78, 5) is 23.5. The zero-order chi connectivity index (χ0) is 15.9. The van der Waals surface area contributed by atoms with E-state index in [1.807, 2.05) is 0 Å². The molecule has 0 fully saturated rings. The van der Waals surface area contributed by atoms with Crippen LogP contribution in [0.5, 0.6) is 0 Å². The van der Waals surface area contributed by atoms with Crippen LogP contribution in [0.3, 0.4) is 0 Å². The molecule has 1 atom stereocenters. The minimum absolute atomic E-state index is 0.0517. The van der Waals surface area contributed by atoms with Gasteiger partial charge in [0.15, 0.2) is 0 Å². The van der Waals surface area contributed by atoms with Crippen LogP contribution in [0.1, 0.15) is 90.9 Å². The summed E-state index contributed by atoms with van der Waals surface area (Å²) < 4.78 is 4.61. The summed E-state index contributed by atoms with van der Waals surface area (Å²) in [7, 11) is 1.34. The highest BCUT2D eigenvalue weighted by Gasteiger charge is 2.20. The molecule has 0 aromatic carbocycles. The van der Waals surface area contributed by atoms with Gasteiger partial charge in [-0.25, -0.2) is 0 Å². The normalized spacial score (nSPS) is 12.1. The van der Waals surface area contributed by atoms with E-state index in [2.05, 4.69) is 18.6 Å². The summed E-state index contributed by atoms with van der Waals surface area (Å²) in [6.07, 6.45) is 12.6. The first kappa shape index (κ1) is 20.1. The lowest BCUT2D eigenvalue weighted by molar-refractivity contribution is -0.144. The van der Waals surface area contributed by atoms with Crippen molar-refractivity contribution < 1.29 is 14.3 Å². The van der Waals surface area contributed by atoms with Gasteiger partial charge in [0.2, 0.25) is 0 Å². The molecule has 21 heavy (non-hydrogen) atoms. The van der Waals surface area contributed by atoms with Gasteiger partial charge in [0.1, 0.15) is 12.2 Å². The Morgan fingerprint density at radius 1 is 0.810 bits per heavy atom. The molecule has 0 aliphatic heterocycles. The average Bonchev–Trinajstić information content (AvgIpc) is 2.48. The Hall–Kier alpha value is -0.860. The third kappa shape index (κ3) is 11.5. The first-order chi connectivity index (χ1) is 10.2. The van der Waals surface area contributed by atoms with Gasteiger partial charge in [0.05, 0.1) is 7.11 Å². The van der Waals surface area contributed by atoms with E-state index in [-0.39, 0.29) is 18.1 Å². The van der Waals surface area contributed by atoms with Crippen LogP contribution in [0.4, 0.5) is 0 Å². The van der Waals surface area contributed by atoms with Crippen molar-refractivity contribution in [1.29, 1.82) is 0 Å². The number of carbonyl (C=O) groups is 2. The average molecular weight is 298 g/mol. The lowest BCUT2D eigenvalue weighted by atomic mass is 9.89. The van der Waals surface area contributed by atoms with Crippen LogP contribution in [-0.2, 0) is 14.3 Å². The van der Waals surface area contributed by atoms with Gasteiger partial charge in [-0.3, -0.25) is 9.59 Å². The molecule has 124 valence electrons. The zero-order valence-corrected chi connectivity index (χ0v) is 14.3. The second-order valence-electron chi connectivity index (χ2n) is 5.97. The number of ketones is 1. The Morgan fingerprint density at radius 3 is 1.76 bits per heavy atom. The Morgan fingerprint density at radius 2 is 1.29 bits per heavy atom. The maximum absolute atomic E-state index is 12.2. The van der Waals surface area contributed by atoms with Gasteiger partial charge in [-0.05, 0) is 12.8 Å². The van der Waals surface area contributed by atoms with Crippen LogP contribution in [-0.4, -0.2) is 18.9 Å². The van der Waals surface area contributed by atoms with Gasteiger partial charge >= 0.3 is 5.97 Å². The summed E-state index contributed by atoms with van der Waals surface area (Å²) in [5, 5.41) is 0. The molecule has 0 aliphatic rings. The van der Waals surface area contributed by atoms with Gasteiger partial charge in [-0.2, -0.15) is 0 Å². The molecule has 0 heterocycles. The SMILES string of the molecule is CCCCCCCC(CCCCCC)C(=O)CC(=O)OC. The highest BCUT2D eigenvalue weighted by atomic mass is 16.5. The predicted molar refractivity (Wildman–Crippen MR) is 87.3 cm³/mol. The number of methoxy groups -OCH3 is 1. The molecule has 0 amide bonds. The molecule has 3 nitrogen and oxygen atoms in total. The fourth-order valence-electron chi connectivity index (χ4n) is 2.64. The molecule has 0 aromatic heterocycles. The van der Waals surface area contributed by atoms with Crippen molar-refractivity contribution in [2.45, 2.75) is 90.9 Å². The Labute approximate surface area is 130 Å². The van der Waals surface area contributed by atoms with E-state index in [9.17, 15) is 9.59 Å². The number of Topliss-reactive ketones (excluding diaryl/α,β-unsaturated/α-hetero) is 1. The summed E-state index contributed by atoms with van der Waals surface area (Å²) in [6.45, 7) is 4.39. The van der Waals surface area contributed by atoms with E-state index >= 15 is 0 Å². The van der Waals surface area contributed by atoms with Gasteiger partial charge in [-0.15, -0.1) is 0 Å². The van der Waals surface area contributed by atoms with E-state index in [1.165, 1.54) is 52.1 Å². The molecule has 0 N–H and O–H groups in total. The van der Waals surface area contributed by atoms with Gasteiger partial charge in [0, 0.05) is 5.92 Å². The molecule has 0 bridgehead atoms. The fraction of sp³-hybridized carbons (Fsp3) is 0.889. The highest BCUT2D eigenvalue weighted by Crippen LogP contribution is 2.21. The number of hydrogen-bond donors (Lipinski definition) is 0. The maximum Gasteiger partial charge on any atom is 0.313 e. The smallest absolute Gasteiger partial charge is 0.313 e. The largest absolute Gasteiger partial charge is 0.469 e. The Kier molecular flexibility index (Phi) is 13.5. The van der Waals surface area contributed by atoms with E-state index in [1.54, 1.807) is 0 Å². The van der Waals surface area contributed by atoms with Gasteiger partial charge in [-0.1, -0.05) is 71.6 Å². The number of rotatable bonds is 14. The third-order valence-electron chi connectivity index (χ3n) is 4.06. The molecule has 0 aliphatic carbocycles. The summed E-state index contributed by atoms with van der Waals surface area (Å²) >= 11 is 0. The van der Waals surface area contributed by atoms with Crippen molar-refractivity contribution in [3.05, 3.63) is 0 Å². The number of unbranched alkanes of at least 4 members (excludes halogenated alkanes) is 7. The molecule has 0 radical (unpaired) electrons. The van der Waals surface area contributed by atoms with Crippen LogP contribution in [0.15, 0.2) is 0 Å². The van der Waals surface area contributed by atoms with Crippen molar-refractivity contribution in [2.24, 2.45) is 5.92 Å². The molecular formula is C18H34O3. The summed E-state index contributed by atoms with van der Waals surface area (Å²) in [5.74, 6) is -0.263. The van der Waals surface area contributed by atoms with Crippen molar-refractivity contribution in [1.82, 2.24) is 0 Å². The predicted octanol–water partition coefficient (Wildman–Crippen LogP) is 5.07. The standard InChI is InChI=1S/C18H34O3/c1-4-6-8-10-12-14-16(13-11-9-7-5-2)17(19)15-18(20)21-3/h16H,4-15H2,1-3H3. The molecule has 0 aromatic rings. The van der Waals surface area contributed by atoms with Crippen LogP contribution >= 0.6 is 0 Å². The minimum atomic E-state index is -0.399. The van der Waals surface area contributed by atoms with E-state index in [0.717, 1.165) is 25.7 Å². The third-order valence-corrected chi connectivity index (χ3v) is 4.06. The molecular weight excluding hydrogens is 264 g/mol. The van der Waals surface area contributed by atoms with E-state index < -0.39 is 5.97 Å². The van der Waals surface area contributed by atoms with Crippen molar-refractivity contribution in [2.75, 3.05) is 7.11 Å². The highest BCUT2D eigenvalue weighted by molar-refractivity contribution is 5.96. The first-order valence-electron chi connectivity index (χ1n) is 8.75. The number of carbonyl (C=O) groups excluding carboxylic acids is 2. The fourth-order valence-corrected chi connectivity index (χ4v) is 2.64. The van der Waals surface area contributed by atoms with Crippen LogP contribution in [0.2, 0.25) is 0 Å². The Balaban J connectivity index is 4.12. The minimum Gasteiger partial charge on any atom is -0.469 e. The lowest BCUT2D eigenvalue weighted by Crippen LogP contribution is -2.19. The molecule has 0 saturated heterocycles. The first-order valence-corrected chi connectivity index (χ1v) is 8.75. The van der Waals surface area contributed by atoms with Crippen molar-refractivity contribution in [3.8, 4) is 0 Å². The number of hydrogen-bond acceptors (Lipinski definition) is 3. The number of ether oxygens (including phenoxy) is 1. The zero-order valence-electron chi connectivity index (χ0n) is 14.3. The van der Waals surface area contributed by atoms with Gasteiger partial charge < -0.3 is 4.74 Å². The molecule has 0 rings (SSSR count). The number of esters is 1. The maximum atomic E-state index is 12.2. The van der Waals surface area contributed by atoms with Crippen molar-refractivity contribution in [3.63, 3.8) is 0 Å². The molecule has 0 spiro atoms. The lowest BCUT2D eigenvalue weighted by Gasteiger charge is -2.15. The van der Waals surface area contributed by atoms with Crippen LogP contribution in [0, 0.1) is 5.92 Å². The quantitative estimate of drug-likeness (QED) is 0.255. The monoisotopic (exact) mass is 298 g/mol. The van der Waals surface area contributed by atoms with Crippen LogP contribution < -0.4 is 0 Å². The molecule has 3 heteroatoms. The van der Waals surface area contributed by atoms with Crippen LogP contribution in [0.25, 0.3) is 0 Å². The van der Waals surface area contributed by atoms with E-state index in [0.29, 0.717) is 0 Å². The summed E-state index contributed by atoms with van der Waals surface area (Å²) in [6, 6.07) is 0. The van der Waals surface area contributed by atoms with Gasteiger partial charge in [0.25, 0.3) is 0 Å².